The number of hydrogen-bond acceptors (Lipinski definition) is 7. The average Bonchev–Trinajstić information content (AvgIpc) is 3.01. The van der Waals surface area contributed by atoms with Gasteiger partial charge in [0, 0.05) is 33.4 Å². The molecule has 0 aliphatic heterocycles. The second-order valence-electron chi connectivity index (χ2n) is 5.37. The van der Waals surface area contributed by atoms with E-state index < -0.39 is 0 Å². The van der Waals surface area contributed by atoms with Crippen LogP contribution in [0.15, 0.2) is 32.9 Å². The molecular formula is C16H22N4OS3. The van der Waals surface area contributed by atoms with Gasteiger partial charge in [0.15, 0.2) is 8.68 Å². The largest absolute Gasteiger partial charge is 0.378 e. The molecule has 8 heteroatoms. The van der Waals surface area contributed by atoms with Gasteiger partial charge in [-0.05, 0) is 23.4 Å². The number of carbonyl (C=O) groups excluding carboxylic acids is 1. The van der Waals surface area contributed by atoms with Crippen LogP contribution in [0.4, 0.5) is 5.69 Å². The van der Waals surface area contributed by atoms with Crippen LogP contribution in [0.25, 0.3) is 0 Å². The number of nitrogens with zero attached hydrogens (tertiary/aromatic N) is 4. The summed E-state index contributed by atoms with van der Waals surface area (Å²) in [6.45, 7) is 2.70. The molecule has 2 aromatic rings. The summed E-state index contributed by atoms with van der Waals surface area (Å²) in [4.78, 5) is 16.1. The van der Waals surface area contributed by atoms with Gasteiger partial charge >= 0.3 is 0 Å². The maximum atomic E-state index is 12.3. The van der Waals surface area contributed by atoms with Crippen molar-refractivity contribution in [1.29, 1.82) is 0 Å². The second-order valence-corrected chi connectivity index (χ2v) is 9.08. The second kappa shape index (κ2) is 9.29. The minimum absolute atomic E-state index is 0.0941. The van der Waals surface area contributed by atoms with Crippen molar-refractivity contribution in [2.24, 2.45) is 0 Å². The van der Waals surface area contributed by atoms with Crippen molar-refractivity contribution in [3.05, 3.63) is 29.8 Å². The predicted molar refractivity (Wildman–Crippen MR) is 104 cm³/mol. The van der Waals surface area contributed by atoms with E-state index in [1.807, 2.05) is 21.1 Å². The molecule has 0 spiro atoms. The van der Waals surface area contributed by atoms with Crippen LogP contribution in [0.5, 0.6) is 0 Å². The minimum Gasteiger partial charge on any atom is -0.378 e. The lowest BCUT2D eigenvalue weighted by atomic mass is 10.2. The first-order valence-corrected chi connectivity index (χ1v) is 10.4. The Hall–Kier alpha value is -1.25. The maximum absolute atomic E-state index is 12.3. The Bertz CT molecular complexity index is 658. The normalized spacial score (nSPS) is 10.7. The van der Waals surface area contributed by atoms with Gasteiger partial charge in [0.1, 0.15) is 0 Å². The average molecular weight is 383 g/mol. The van der Waals surface area contributed by atoms with Crippen molar-refractivity contribution in [2.75, 3.05) is 37.5 Å². The van der Waals surface area contributed by atoms with E-state index in [1.54, 1.807) is 28.0 Å². The first-order chi connectivity index (χ1) is 11.5. The van der Waals surface area contributed by atoms with Gasteiger partial charge in [0.05, 0.1) is 5.75 Å². The van der Waals surface area contributed by atoms with Gasteiger partial charge in [-0.3, -0.25) is 4.79 Å². The number of thioether (sulfide) groups is 2. The van der Waals surface area contributed by atoms with E-state index >= 15 is 0 Å². The Labute approximate surface area is 155 Å². The molecule has 24 heavy (non-hydrogen) atoms. The Kier molecular flexibility index (Phi) is 7.39. The SMILES string of the molecule is CCSc1nnc(SCC(=O)N(C)Cc2ccc(N(C)C)cc2)s1. The molecule has 0 unspecified atom stereocenters. The molecule has 0 aliphatic carbocycles. The van der Waals surface area contributed by atoms with Gasteiger partial charge in [-0.25, -0.2) is 0 Å². The number of anilines is 1. The van der Waals surface area contributed by atoms with Crippen LogP contribution in [-0.2, 0) is 11.3 Å². The third-order valence-electron chi connectivity index (χ3n) is 3.27. The summed E-state index contributed by atoms with van der Waals surface area (Å²) in [6, 6.07) is 8.25. The number of carbonyl (C=O) groups is 1. The summed E-state index contributed by atoms with van der Waals surface area (Å²) in [5, 5.41) is 8.21. The van der Waals surface area contributed by atoms with Crippen molar-refractivity contribution < 1.29 is 4.79 Å². The van der Waals surface area contributed by atoms with Crippen LogP contribution >= 0.6 is 34.9 Å². The zero-order valence-corrected chi connectivity index (χ0v) is 16.8. The number of rotatable bonds is 8. The first kappa shape index (κ1) is 19.1. The van der Waals surface area contributed by atoms with Crippen LogP contribution in [-0.4, -0.2) is 53.7 Å². The van der Waals surface area contributed by atoms with E-state index in [9.17, 15) is 4.79 Å². The molecule has 1 heterocycles. The van der Waals surface area contributed by atoms with Crippen LogP contribution in [0.2, 0.25) is 0 Å². The van der Waals surface area contributed by atoms with E-state index in [0.29, 0.717) is 12.3 Å². The molecule has 0 N–H and O–H groups in total. The van der Waals surface area contributed by atoms with E-state index in [-0.39, 0.29) is 5.91 Å². The van der Waals surface area contributed by atoms with E-state index in [0.717, 1.165) is 25.7 Å². The molecule has 1 aromatic heterocycles. The first-order valence-electron chi connectivity index (χ1n) is 7.59. The van der Waals surface area contributed by atoms with Crippen LogP contribution < -0.4 is 4.90 Å². The number of benzene rings is 1. The van der Waals surface area contributed by atoms with Gasteiger partial charge in [-0.15, -0.1) is 10.2 Å². The summed E-state index contributed by atoms with van der Waals surface area (Å²) < 4.78 is 1.81. The number of aromatic nitrogens is 2. The summed E-state index contributed by atoms with van der Waals surface area (Å²) in [6.07, 6.45) is 0. The zero-order chi connectivity index (χ0) is 17.5. The van der Waals surface area contributed by atoms with Crippen LogP contribution in [0.3, 0.4) is 0 Å². The molecule has 130 valence electrons. The monoisotopic (exact) mass is 382 g/mol. The molecule has 0 radical (unpaired) electrons. The molecule has 0 atom stereocenters. The summed E-state index contributed by atoms with van der Waals surface area (Å²) in [5.41, 5.74) is 2.28. The quantitative estimate of drug-likeness (QED) is 0.652. The highest BCUT2D eigenvalue weighted by molar-refractivity contribution is 8.03. The fraction of sp³-hybridized carbons (Fsp3) is 0.438. The lowest BCUT2D eigenvalue weighted by Crippen LogP contribution is -2.27. The highest BCUT2D eigenvalue weighted by Gasteiger charge is 2.12. The Morgan fingerprint density at radius 3 is 2.29 bits per heavy atom. The predicted octanol–water partition coefficient (Wildman–Crippen LogP) is 3.47. The molecule has 0 fully saturated rings. The summed E-state index contributed by atoms with van der Waals surface area (Å²) >= 11 is 4.68. The van der Waals surface area contributed by atoms with Gasteiger partial charge < -0.3 is 9.80 Å². The molecule has 5 nitrogen and oxygen atoms in total. The fourth-order valence-corrected chi connectivity index (χ4v) is 4.79. The Balaban J connectivity index is 1.82. The molecule has 2 rings (SSSR count). The Morgan fingerprint density at radius 1 is 1.08 bits per heavy atom. The van der Waals surface area contributed by atoms with Gasteiger partial charge in [0.25, 0.3) is 0 Å². The molecule has 0 saturated heterocycles. The molecule has 0 aliphatic rings. The third kappa shape index (κ3) is 5.68. The summed E-state index contributed by atoms with van der Waals surface area (Å²) in [7, 11) is 5.86. The minimum atomic E-state index is 0.0941. The van der Waals surface area contributed by atoms with Gasteiger partial charge in [0.2, 0.25) is 5.91 Å². The van der Waals surface area contributed by atoms with Crippen LogP contribution in [0, 0.1) is 0 Å². The maximum Gasteiger partial charge on any atom is 0.233 e. The third-order valence-corrected chi connectivity index (χ3v) is 6.33. The highest BCUT2D eigenvalue weighted by Crippen LogP contribution is 2.28. The highest BCUT2D eigenvalue weighted by atomic mass is 32.2. The molecular weight excluding hydrogens is 360 g/mol. The summed E-state index contributed by atoms with van der Waals surface area (Å²) in [5.74, 6) is 1.46. The van der Waals surface area contributed by atoms with E-state index in [4.69, 9.17) is 0 Å². The molecule has 1 aromatic carbocycles. The van der Waals surface area contributed by atoms with Crippen molar-refractivity contribution in [3.8, 4) is 0 Å². The standard InChI is InChI=1S/C16H22N4OS3/c1-5-22-15-17-18-16(24-15)23-11-14(21)20(4)10-12-6-8-13(9-7-12)19(2)3/h6-9H,5,10-11H2,1-4H3. The molecule has 0 saturated carbocycles. The lowest BCUT2D eigenvalue weighted by Gasteiger charge is -2.18. The van der Waals surface area contributed by atoms with Crippen molar-refractivity contribution >= 4 is 46.5 Å². The lowest BCUT2D eigenvalue weighted by molar-refractivity contribution is -0.127. The number of hydrogen-bond donors (Lipinski definition) is 0. The fourth-order valence-electron chi connectivity index (χ4n) is 1.93. The zero-order valence-electron chi connectivity index (χ0n) is 14.4. The Morgan fingerprint density at radius 2 is 1.71 bits per heavy atom. The molecule has 0 bridgehead atoms. The van der Waals surface area contributed by atoms with E-state index in [1.165, 1.54) is 11.8 Å². The molecule has 1 amide bonds. The van der Waals surface area contributed by atoms with Crippen LogP contribution in [0.1, 0.15) is 12.5 Å². The topological polar surface area (TPSA) is 49.3 Å². The van der Waals surface area contributed by atoms with Crippen molar-refractivity contribution in [3.63, 3.8) is 0 Å². The van der Waals surface area contributed by atoms with Gasteiger partial charge in [-0.1, -0.05) is 53.9 Å². The smallest absolute Gasteiger partial charge is 0.233 e. The number of amides is 1. The van der Waals surface area contributed by atoms with Crippen molar-refractivity contribution in [1.82, 2.24) is 15.1 Å². The van der Waals surface area contributed by atoms with E-state index in [2.05, 4.69) is 46.3 Å². The van der Waals surface area contributed by atoms with Crippen molar-refractivity contribution in [2.45, 2.75) is 22.1 Å². The van der Waals surface area contributed by atoms with Gasteiger partial charge in [-0.2, -0.15) is 0 Å².